The topological polar surface area (TPSA) is 16.1 Å². The highest BCUT2D eigenvalue weighted by atomic mass is 79.9. The second-order valence-electron chi connectivity index (χ2n) is 4.79. The van der Waals surface area contributed by atoms with Crippen LogP contribution in [0.1, 0.15) is 20.3 Å². The quantitative estimate of drug-likeness (QED) is 0.783. The molecule has 0 aromatic carbocycles. The molecule has 0 amide bonds. The largest absolute Gasteiger partial charge is 0.355 e. The Morgan fingerprint density at radius 3 is 2.80 bits per heavy atom. The third kappa shape index (κ3) is 2.45. The summed E-state index contributed by atoms with van der Waals surface area (Å²) < 4.78 is 0.979. The molecule has 2 rings (SSSR count). The van der Waals surface area contributed by atoms with Crippen molar-refractivity contribution in [3.8, 4) is 0 Å². The van der Waals surface area contributed by atoms with Crippen LogP contribution in [0.15, 0.2) is 16.7 Å². The van der Waals surface area contributed by atoms with Gasteiger partial charge in [0.2, 0.25) is 0 Å². The molecule has 0 atom stereocenters. The van der Waals surface area contributed by atoms with E-state index in [1.807, 2.05) is 6.07 Å². The molecule has 1 aliphatic rings. The van der Waals surface area contributed by atoms with Crippen LogP contribution in [0.25, 0.3) is 0 Å². The monoisotopic (exact) mass is 288 g/mol. The second kappa shape index (κ2) is 3.95. The van der Waals surface area contributed by atoms with Crippen molar-refractivity contribution < 1.29 is 0 Å². The van der Waals surface area contributed by atoms with Gasteiger partial charge >= 0.3 is 0 Å². The smallest absolute Gasteiger partial charge is 0.142 e. The van der Waals surface area contributed by atoms with Gasteiger partial charge in [-0.2, -0.15) is 0 Å². The van der Waals surface area contributed by atoms with Gasteiger partial charge in [0.1, 0.15) is 5.82 Å². The van der Waals surface area contributed by atoms with E-state index in [9.17, 15) is 0 Å². The van der Waals surface area contributed by atoms with Crippen LogP contribution in [0.3, 0.4) is 0 Å². The van der Waals surface area contributed by atoms with E-state index in [2.05, 4.69) is 39.7 Å². The molecule has 2 nitrogen and oxygen atoms in total. The fourth-order valence-corrected chi connectivity index (χ4v) is 2.82. The molecule has 0 bridgehead atoms. The lowest BCUT2D eigenvalue weighted by atomic mass is 9.93. The van der Waals surface area contributed by atoms with Crippen molar-refractivity contribution in [1.82, 2.24) is 4.98 Å². The molecular weight excluding hydrogens is 275 g/mol. The van der Waals surface area contributed by atoms with Crippen molar-refractivity contribution in [3.63, 3.8) is 0 Å². The highest BCUT2D eigenvalue weighted by Gasteiger charge is 2.30. The van der Waals surface area contributed by atoms with E-state index in [1.54, 1.807) is 6.20 Å². The van der Waals surface area contributed by atoms with E-state index >= 15 is 0 Å². The summed E-state index contributed by atoms with van der Waals surface area (Å²) in [5.41, 5.74) is 0.390. The summed E-state index contributed by atoms with van der Waals surface area (Å²) in [6.45, 7) is 6.70. The van der Waals surface area contributed by atoms with Crippen LogP contribution in [-0.2, 0) is 0 Å². The number of halogens is 2. The number of nitrogens with zero attached hydrogens (tertiary/aromatic N) is 2. The first-order chi connectivity index (χ1) is 6.98. The first kappa shape index (κ1) is 11.2. The van der Waals surface area contributed by atoms with Crippen LogP contribution in [0.5, 0.6) is 0 Å². The maximum absolute atomic E-state index is 5.87. The number of aromatic nitrogens is 1. The van der Waals surface area contributed by atoms with Gasteiger partial charge in [-0.15, -0.1) is 0 Å². The summed E-state index contributed by atoms with van der Waals surface area (Å²) in [6, 6.07) is 1.90. The van der Waals surface area contributed by atoms with Crippen LogP contribution in [0.2, 0.25) is 5.02 Å². The average Bonchev–Trinajstić information content (AvgIpc) is 2.46. The fraction of sp³-hybridized carbons (Fsp3) is 0.545. The zero-order chi connectivity index (χ0) is 11.1. The summed E-state index contributed by atoms with van der Waals surface area (Å²) in [4.78, 5) is 6.68. The Hall–Kier alpha value is -0.280. The van der Waals surface area contributed by atoms with E-state index in [1.165, 1.54) is 6.42 Å². The van der Waals surface area contributed by atoms with Crippen LogP contribution in [0, 0.1) is 5.41 Å². The van der Waals surface area contributed by atoms with E-state index < -0.39 is 0 Å². The summed E-state index contributed by atoms with van der Waals surface area (Å²) in [7, 11) is 0. The van der Waals surface area contributed by atoms with Crippen LogP contribution in [0.4, 0.5) is 5.82 Å². The molecule has 1 fully saturated rings. The van der Waals surface area contributed by atoms with Gasteiger partial charge in [0, 0.05) is 19.3 Å². The molecule has 2 heterocycles. The van der Waals surface area contributed by atoms with Crippen molar-refractivity contribution in [3.05, 3.63) is 21.8 Å². The van der Waals surface area contributed by atoms with Gasteiger partial charge in [0.05, 0.1) is 9.50 Å². The van der Waals surface area contributed by atoms with Crippen molar-refractivity contribution >= 4 is 33.3 Å². The summed E-state index contributed by atoms with van der Waals surface area (Å²) in [6.07, 6.45) is 2.91. The lowest BCUT2D eigenvalue weighted by Gasteiger charge is -2.21. The molecule has 0 unspecified atom stereocenters. The maximum Gasteiger partial charge on any atom is 0.142 e. The molecule has 0 aliphatic carbocycles. The van der Waals surface area contributed by atoms with Crippen LogP contribution >= 0.6 is 27.5 Å². The minimum absolute atomic E-state index is 0.390. The first-order valence-electron chi connectivity index (χ1n) is 5.04. The minimum atomic E-state index is 0.390. The Balaban J connectivity index is 2.24. The number of hydrogen-bond donors (Lipinski definition) is 0. The summed E-state index contributed by atoms with van der Waals surface area (Å²) in [5, 5.41) is 0.670. The average molecular weight is 290 g/mol. The maximum atomic E-state index is 5.87. The van der Waals surface area contributed by atoms with Gasteiger partial charge in [-0.3, -0.25) is 0 Å². The van der Waals surface area contributed by atoms with Crippen molar-refractivity contribution in [2.45, 2.75) is 20.3 Å². The molecule has 4 heteroatoms. The van der Waals surface area contributed by atoms with Crippen LogP contribution in [-0.4, -0.2) is 18.1 Å². The highest BCUT2D eigenvalue weighted by Crippen LogP contribution is 2.35. The Kier molecular flexibility index (Phi) is 2.95. The molecule has 15 heavy (non-hydrogen) atoms. The summed E-state index contributed by atoms with van der Waals surface area (Å²) in [5.74, 6) is 1.00. The molecule has 0 radical (unpaired) electrons. The van der Waals surface area contributed by atoms with Gasteiger partial charge < -0.3 is 4.90 Å². The number of anilines is 1. The summed E-state index contributed by atoms with van der Waals surface area (Å²) >= 11 is 9.37. The molecule has 0 saturated carbocycles. The van der Waals surface area contributed by atoms with E-state index in [0.717, 1.165) is 23.4 Å². The molecule has 0 N–H and O–H groups in total. The molecule has 0 spiro atoms. The zero-order valence-corrected chi connectivity index (χ0v) is 11.3. The number of hydrogen-bond acceptors (Lipinski definition) is 2. The van der Waals surface area contributed by atoms with Gasteiger partial charge in [-0.1, -0.05) is 25.4 Å². The van der Waals surface area contributed by atoms with Crippen molar-refractivity contribution in [1.29, 1.82) is 0 Å². The second-order valence-corrected chi connectivity index (χ2v) is 6.09. The predicted octanol–water partition coefficient (Wildman–Crippen LogP) is 3.73. The SMILES string of the molecule is CC1(C)CCN(c2ncc(Cl)cc2Br)C1. The third-order valence-corrected chi connectivity index (χ3v) is 3.56. The van der Waals surface area contributed by atoms with Crippen LogP contribution < -0.4 is 4.90 Å². The lowest BCUT2D eigenvalue weighted by Crippen LogP contribution is -2.23. The predicted molar refractivity (Wildman–Crippen MR) is 67.6 cm³/mol. The zero-order valence-electron chi connectivity index (χ0n) is 8.93. The standard InChI is InChI=1S/C11H14BrClN2/c1-11(2)3-4-15(7-11)10-9(12)5-8(13)6-14-10/h5-6H,3-4,7H2,1-2H3. The molecule has 1 aromatic heterocycles. The first-order valence-corrected chi connectivity index (χ1v) is 6.21. The number of pyridine rings is 1. The highest BCUT2D eigenvalue weighted by molar-refractivity contribution is 9.10. The Morgan fingerprint density at radius 1 is 1.53 bits per heavy atom. The van der Waals surface area contributed by atoms with E-state index in [0.29, 0.717) is 10.4 Å². The van der Waals surface area contributed by atoms with Gasteiger partial charge in [0.25, 0.3) is 0 Å². The minimum Gasteiger partial charge on any atom is -0.355 e. The van der Waals surface area contributed by atoms with Crippen molar-refractivity contribution in [2.24, 2.45) is 5.41 Å². The fourth-order valence-electron chi connectivity index (χ4n) is 1.93. The molecule has 1 aliphatic heterocycles. The normalized spacial score (nSPS) is 19.6. The van der Waals surface area contributed by atoms with E-state index in [-0.39, 0.29) is 0 Å². The molecule has 1 aromatic rings. The van der Waals surface area contributed by atoms with Gasteiger partial charge in [-0.25, -0.2) is 4.98 Å². The molecular formula is C11H14BrClN2. The van der Waals surface area contributed by atoms with Gasteiger partial charge in [-0.05, 0) is 33.8 Å². The Bertz CT molecular complexity index is 379. The van der Waals surface area contributed by atoms with Gasteiger partial charge in [0.15, 0.2) is 0 Å². The Morgan fingerprint density at radius 2 is 2.27 bits per heavy atom. The third-order valence-electron chi connectivity index (χ3n) is 2.77. The molecule has 1 saturated heterocycles. The van der Waals surface area contributed by atoms with E-state index in [4.69, 9.17) is 11.6 Å². The lowest BCUT2D eigenvalue weighted by molar-refractivity contribution is 0.418. The molecule has 82 valence electrons. The Labute approximate surface area is 104 Å². The number of rotatable bonds is 1. The van der Waals surface area contributed by atoms with Crippen molar-refractivity contribution in [2.75, 3.05) is 18.0 Å².